The lowest BCUT2D eigenvalue weighted by Crippen LogP contribution is -2.70. The van der Waals surface area contributed by atoms with Crippen LogP contribution in [0, 0.1) is 24.1 Å². The molecule has 210 valence electrons. The summed E-state index contributed by atoms with van der Waals surface area (Å²) in [5, 5.41) is 19.6. The maximum absolute atomic E-state index is 14.5. The lowest BCUT2D eigenvalue weighted by molar-refractivity contribution is -0.323. The normalized spacial score (nSPS) is 27.7. The fourth-order valence-corrected chi connectivity index (χ4v) is 6.38. The van der Waals surface area contributed by atoms with Crippen LogP contribution in [0.1, 0.15) is 28.5 Å². The first-order valence-electron chi connectivity index (χ1n) is 12.9. The monoisotopic (exact) mass is 592 g/mol. The maximum atomic E-state index is 14.5. The molecular formula is C30H26ClFN4O4S. The molecule has 2 aliphatic rings. The summed E-state index contributed by atoms with van der Waals surface area (Å²) >= 11 is 11.3. The molecular weight excluding hydrogens is 567 g/mol. The van der Waals surface area contributed by atoms with Crippen LogP contribution >= 0.6 is 24.2 Å². The van der Waals surface area contributed by atoms with Gasteiger partial charge in [-0.25, -0.2) is 9.07 Å². The molecule has 11 heteroatoms. The van der Waals surface area contributed by atoms with Gasteiger partial charge in [0.1, 0.15) is 40.8 Å². The van der Waals surface area contributed by atoms with Gasteiger partial charge in [0.2, 0.25) is 0 Å². The number of ether oxygens (including phenoxy) is 4. The molecule has 3 aromatic carbocycles. The highest BCUT2D eigenvalue weighted by molar-refractivity contribution is 7.80. The van der Waals surface area contributed by atoms with E-state index in [0.29, 0.717) is 33.0 Å². The highest BCUT2D eigenvalue weighted by Gasteiger charge is 2.63. The molecule has 0 radical (unpaired) electrons. The molecule has 0 bridgehead atoms. The van der Waals surface area contributed by atoms with E-state index >= 15 is 0 Å². The third kappa shape index (κ3) is 4.73. The summed E-state index contributed by atoms with van der Waals surface area (Å²) in [4.78, 5) is 0. The Balaban J connectivity index is 1.60. The highest BCUT2D eigenvalue weighted by Crippen LogP contribution is 2.50. The molecule has 4 aromatic rings. The van der Waals surface area contributed by atoms with Gasteiger partial charge in [-0.1, -0.05) is 59.3 Å². The minimum absolute atomic E-state index is 0.173. The number of hydrogen-bond donors (Lipinski definition) is 1. The van der Waals surface area contributed by atoms with Crippen LogP contribution in [0.4, 0.5) is 4.39 Å². The second-order valence-electron chi connectivity index (χ2n) is 9.99. The molecule has 6 rings (SSSR count). The van der Waals surface area contributed by atoms with Crippen molar-refractivity contribution in [1.82, 2.24) is 15.0 Å². The average Bonchev–Trinajstić information content (AvgIpc) is 3.49. The second-order valence-corrected chi connectivity index (χ2v) is 10.9. The van der Waals surface area contributed by atoms with Crippen LogP contribution in [0.15, 0.2) is 72.9 Å². The number of nitriles is 1. The van der Waals surface area contributed by atoms with Gasteiger partial charge in [-0.05, 0) is 36.8 Å². The molecule has 0 N–H and O–H groups in total. The van der Waals surface area contributed by atoms with Gasteiger partial charge in [0.25, 0.3) is 0 Å². The van der Waals surface area contributed by atoms with Gasteiger partial charge in [-0.2, -0.15) is 5.26 Å². The van der Waals surface area contributed by atoms with E-state index in [-0.39, 0.29) is 12.4 Å². The lowest BCUT2D eigenvalue weighted by atomic mass is 9.73. The molecule has 0 amide bonds. The van der Waals surface area contributed by atoms with E-state index in [0.717, 1.165) is 5.56 Å². The van der Waals surface area contributed by atoms with Gasteiger partial charge in [-0.3, -0.25) is 0 Å². The fraction of sp³-hybridized carbons (Fsp3) is 0.300. The predicted octanol–water partition coefficient (Wildman–Crippen LogP) is 5.45. The van der Waals surface area contributed by atoms with Crippen molar-refractivity contribution >= 4 is 24.2 Å². The summed E-state index contributed by atoms with van der Waals surface area (Å²) < 4.78 is 41.3. The van der Waals surface area contributed by atoms with Gasteiger partial charge in [0.15, 0.2) is 6.29 Å². The first kappa shape index (κ1) is 27.8. The summed E-state index contributed by atoms with van der Waals surface area (Å²) in [5.41, 5.74) is 0.979. The summed E-state index contributed by atoms with van der Waals surface area (Å²) in [6.45, 7) is 1.87. The third-order valence-corrected chi connectivity index (χ3v) is 8.29. The van der Waals surface area contributed by atoms with E-state index in [2.05, 4.69) is 16.4 Å². The van der Waals surface area contributed by atoms with E-state index in [1.54, 1.807) is 48.1 Å². The number of thiol groups is 1. The zero-order chi connectivity index (χ0) is 28.7. The van der Waals surface area contributed by atoms with Gasteiger partial charge in [0.05, 0.1) is 24.4 Å². The van der Waals surface area contributed by atoms with Gasteiger partial charge < -0.3 is 18.9 Å². The third-order valence-electron chi connectivity index (χ3n) is 7.66. The molecule has 2 fully saturated rings. The van der Waals surface area contributed by atoms with Gasteiger partial charge >= 0.3 is 0 Å². The van der Waals surface area contributed by atoms with Crippen LogP contribution in [0.3, 0.4) is 0 Å². The fourth-order valence-electron chi connectivity index (χ4n) is 5.70. The van der Waals surface area contributed by atoms with Crippen LogP contribution in [0.2, 0.25) is 5.02 Å². The van der Waals surface area contributed by atoms with Crippen LogP contribution in [-0.2, 0) is 24.5 Å². The number of methoxy groups -OCH3 is 1. The van der Waals surface area contributed by atoms with Crippen LogP contribution in [-0.4, -0.2) is 52.5 Å². The molecule has 0 spiro atoms. The topological polar surface area (TPSA) is 91.4 Å². The highest BCUT2D eigenvalue weighted by atomic mass is 35.5. The Labute approximate surface area is 247 Å². The van der Waals surface area contributed by atoms with E-state index in [1.165, 1.54) is 13.2 Å². The number of fused-ring (bicyclic) bond motifs is 1. The van der Waals surface area contributed by atoms with E-state index < -0.39 is 35.6 Å². The van der Waals surface area contributed by atoms with Crippen LogP contribution in [0.25, 0.3) is 11.3 Å². The second kappa shape index (κ2) is 11.2. The first-order valence-corrected chi connectivity index (χ1v) is 13.8. The minimum atomic E-state index is -1.36. The number of halogens is 2. The van der Waals surface area contributed by atoms with Crippen molar-refractivity contribution in [3.8, 4) is 17.3 Å². The molecule has 2 saturated heterocycles. The van der Waals surface area contributed by atoms with Crippen molar-refractivity contribution < 1.29 is 23.3 Å². The van der Waals surface area contributed by atoms with Crippen molar-refractivity contribution in [3.63, 3.8) is 0 Å². The number of aromatic nitrogens is 3. The number of hydrogen-bond acceptors (Lipinski definition) is 8. The SMILES string of the molecule is CO[C@H]1[C@@H](S)O[C@@H]2COC(c3ccccc3)O[C@@H]2C1(c1cc(Cl)ccc1C#N)n1cc(-c2ccc(C)c(F)c2)nn1. The number of nitrogens with zero attached hydrogens (tertiary/aromatic N) is 4. The molecule has 2 unspecified atom stereocenters. The van der Waals surface area contributed by atoms with Crippen molar-refractivity contribution in [2.24, 2.45) is 0 Å². The van der Waals surface area contributed by atoms with E-state index in [1.807, 2.05) is 30.3 Å². The van der Waals surface area contributed by atoms with Crippen molar-refractivity contribution in [2.75, 3.05) is 13.7 Å². The summed E-state index contributed by atoms with van der Waals surface area (Å²) in [6.07, 6.45) is -1.31. The number of benzene rings is 3. The Kier molecular flexibility index (Phi) is 7.59. The Morgan fingerprint density at radius 2 is 1.95 bits per heavy atom. The molecule has 6 atom stereocenters. The van der Waals surface area contributed by atoms with Crippen molar-refractivity contribution in [1.29, 1.82) is 5.26 Å². The van der Waals surface area contributed by atoms with Crippen molar-refractivity contribution in [3.05, 3.63) is 106 Å². The largest absolute Gasteiger partial charge is 0.375 e. The quantitative estimate of drug-likeness (QED) is 0.308. The molecule has 0 aliphatic carbocycles. The Morgan fingerprint density at radius 1 is 1.15 bits per heavy atom. The minimum Gasteiger partial charge on any atom is -0.375 e. The molecule has 41 heavy (non-hydrogen) atoms. The smallest absolute Gasteiger partial charge is 0.184 e. The summed E-state index contributed by atoms with van der Waals surface area (Å²) in [7, 11) is 1.53. The zero-order valence-electron chi connectivity index (χ0n) is 22.1. The molecule has 8 nitrogen and oxygen atoms in total. The Hall–Kier alpha value is -3.30. The predicted molar refractivity (Wildman–Crippen MR) is 152 cm³/mol. The molecule has 0 saturated carbocycles. The summed E-state index contributed by atoms with van der Waals surface area (Å²) in [5.74, 6) is -0.358. The number of rotatable bonds is 5. The Morgan fingerprint density at radius 3 is 2.68 bits per heavy atom. The number of aryl methyl sites for hydroxylation is 1. The van der Waals surface area contributed by atoms with Crippen molar-refractivity contribution in [2.45, 2.75) is 42.5 Å². The van der Waals surface area contributed by atoms with Gasteiger partial charge in [0, 0.05) is 28.8 Å². The molecule has 1 aromatic heterocycles. The van der Waals surface area contributed by atoms with Crippen LogP contribution < -0.4 is 0 Å². The van der Waals surface area contributed by atoms with E-state index in [9.17, 15) is 9.65 Å². The lowest BCUT2D eigenvalue weighted by Gasteiger charge is -2.55. The maximum Gasteiger partial charge on any atom is 0.184 e. The standard InChI is InChI=1S/C30H26ClFN4O4S/c1-17-8-9-19(12-23(17)32)24-15-36(35-34-24)30(22-13-21(31)11-10-20(22)14-33)26-25(39-29(41)27(30)37-2)16-38-28(40-26)18-6-4-3-5-7-18/h3-13,15,25-29,41H,16H2,1-2H3/t25-,26+,27+,28?,29-,30?/m1/s1. The van der Waals surface area contributed by atoms with Gasteiger partial charge in [-0.15, -0.1) is 17.7 Å². The Bertz CT molecular complexity index is 1620. The zero-order valence-corrected chi connectivity index (χ0v) is 23.8. The van der Waals surface area contributed by atoms with Crippen LogP contribution in [0.5, 0.6) is 0 Å². The van der Waals surface area contributed by atoms with E-state index in [4.69, 9.17) is 43.2 Å². The average molecular weight is 593 g/mol. The summed E-state index contributed by atoms with van der Waals surface area (Å²) in [6, 6.07) is 21.7. The molecule has 3 heterocycles. The molecule has 2 aliphatic heterocycles. The first-order chi connectivity index (χ1) is 19.9.